The number of hydrogen-bond donors (Lipinski definition) is 6. The van der Waals surface area contributed by atoms with Gasteiger partial charge in [-0.1, -0.05) is 321 Å². The first-order valence-corrected chi connectivity index (χ1v) is 33.9. The molecule has 1 aliphatic rings. The van der Waals surface area contributed by atoms with Gasteiger partial charge in [-0.3, -0.25) is 4.79 Å². The summed E-state index contributed by atoms with van der Waals surface area (Å²) in [4.78, 5) is 13.1. The molecule has 0 bridgehead atoms. The molecule has 7 unspecified atom stereocenters. The molecule has 1 rings (SSSR count). The summed E-state index contributed by atoms with van der Waals surface area (Å²) in [5, 5.41) is 54.6. The van der Waals surface area contributed by atoms with Crippen LogP contribution < -0.4 is 5.32 Å². The van der Waals surface area contributed by atoms with E-state index in [9.17, 15) is 30.3 Å². The van der Waals surface area contributed by atoms with Gasteiger partial charge in [-0.2, -0.15) is 0 Å². The summed E-state index contributed by atoms with van der Waals surface area (Å²) in [5.41, 5.74) is 0. The Labute approximate surface area is 471 Å². The lowest BCUT2D eigenvalue weighted by Gasteiger charge is -2.40. The van der Waals surface area contributed by atoms with Crippen LogP contribution in [0.5, 0.6) is 0 Å². The van der Waals surface area contributed by atoms with Crippen molar-refractivity contribution >= 4 is 5.91 Å². The summed E-state index contributed by atoms with van der Waals surface area (Å²) in [7, 11) is 0. The van der Waals surface area contributed by atoms with Gasteiger partial charge in [0.05, 0.1) is 25.4 Å². The number of carbonyl (C=O) groups is 1. The van der Waals surface area contributed by atoms with Crippen LogP contribution in [0.3, 0.4) is 0 Å². The first kappa shape index (κ1) is 72.9. The van der Waals surface area contributed by atoms with E-state index in [1.54, 1.807) is 0 Å². The fourth-order valence-electron chi connectivity index (χ4n) is 11.3. The van der Waals surface area contributed by atoms with E-state index in [1.165, 1.54) is 289 Å². The summed E-state index contributed by atoms with van der Waals surface area (Å²) >= 11 is 0. The maximum atomic E-state index is 13.1. The van der Waals surface area contributed by atoms with Crippen LogP contribution in [-0.2, 0) is 14.3 Å². The molecule has 7 atom stereocenters. The van der Waals surface area contributed by atoms with Gasteiger partial charge in [0.25, 0.3) is 0 Å². The number of aliphatic hydroxyl groups is 5. The second kappa shape index (κ2) is 57.2. The summed E-state index contributed by atoms with van der Waals surface area (Å²) in [5.74, 6) is -0.137. The van der Waals surface area contributed by atoms with Crippen LogP contribution in [-0.4, -0.2) is 87.5 Å². The number of unbranched alkanes of at least 4 members (excludes halogenated alkanes) is 48. The lowest BCUT2D eigenvalue weighted by atomic mass is 9.99. The molecule has 0 spiro atoms. The van der Waals surface area contributed by atoms with Crippen molar-refractivity contribution in [3.8, 4) is 0 Å². The quantitative estimate of drug-likeness (QED) is 0.0261. The Morgan fingerprint density at radius 2 is 0.737 bits per heavy atom. The fourth-order valence-corrected chi connectivity index (χ4v) is 11.3. The Morgan fingerprint density at radius 1 is 0.434 bits per heavy atom. The van der Waals surface area contributed by atoms with Crippen molar-refractivity contribution in [1.29, 1.82) is 0 Å². The van der Waals surface area contributed by atoms with Crippen LogP contribution in [0.15, 0.2) is 12.2 Å². The largest absolute Gasteiger partial charge is 0.394 e. The van der Waals surface area contributed by atoms with E-state index in [1.807, 2.05) is 0 Å². The monoisotopic (exact) mass is 1080 g/mol. The van der Waals surface area contributed by atoms with E-state index in [-0.39, 0.29) is 12.5 Å². The Kier molecular flexibility index (Phi) is 54.9. The van der Waals surface area contributed by atoms with Gasteiger partial charge < -0.3 is 40.3 Å². The van der Waals surface area contributed by atoms with Gasteiger partial charge in [0.15, 0.2) is 6.29 Å². The topological polar surface area (TPSA) is 149 Å². The van der Waals surface area contributed by atoms with Crippen molar-refractivity contribution in [2.75, 3.05) is 13.2 Å². The van der Waals surface area contributed by atoms with Gasteiger partial charge >= 0.3 is 0 Å². The van der Waals surface area contributed by atoms with Gasteiger partial charge in [-0.05, 0) is 38.5 Å². The molecular weight excluding hydrogens is 947 g/mol. The molecule has 452 valence electrons. The van der Waals surface area contributed by atoms with Crippen LogP contribution in [0.1, 0.15) is 354 Å². The highest BCUT2D eigenvalue weighted by Crippen LogP contribution is 2.24. The summed E-state index contributed by atoms with van der Waals surface area (Å²) in [6, 6.07) is -0.714. The zero-order valence-electron chi connectivity index (χ0n) is 50.5. The highest BCUT2D eigenvalue weighted by Gasteiger charge is 2.44. The third-order valence-electron chi connectivity index (χ3n) is 16.6. The van der Waals surface area contributed by atoms with Crippen molar-refractivity contribution in [2.45, 2.75) is 397 Å². The first-order chi connectivity index (χ1) is 37.3. The van der Waals surface area contributed by atoms with Crippen molar-refractivity contribution < 1.29 is 39.8 Å². The summed E-state index contributed by atoms with van der Waals surface area (Å²) in [6.45, 7) is 3.87. The van der Waals surface area contributed by atoms with E-state index < -0.39 is 49.5 Å². The van der Waals surface area contributed by atoms with Crippen LogP contribution in [0.4, 0.5) is 0 Å². The van der Waals surface area contributed by atoms with E-state index in [0.717, 1.165) is 38.5 Å². The van der Waals surface area contributed by atoms with Crippen molar-refractivity contribution in [1.82, 2.24) is 5.32 Å². The Bertz CT molecular complexity index is 1200. The average Bonchev–Trinajstić information content (AvgIpc) is 3.42. The highest BCUT2D eigenvalue weighted by atomic mass is 16.7. The predicted octanol–water partition coefficient (Wildman–Crippen LogP) is 17.9. The second-order valence-electron chi connectivity index (χ2n) is 24.0. The smallest absolute Gasteiger partial charge is 0.220 e. The van der Waals surface area contributed by atoms with Crippen LogP contribution in [0.25, 0.3) is 0 Å². The minimum absolute atomic E-state index is 0.132. The average molecular weight is 1080 g/mol. The molecule has 1 saturated heterocycles. The van der Waals surface area contributed by atoms with Crippen molar-refractivity contribution in [3.63, 3.8) is 0 Å². The number of hydrogen-bond acceptors (Lipinski definition) is 8. The predicted molar refractivity (Wildman–Crippen MR) is 323 cm³/mol. The standard InChI is InChI=1S/C67H131NO8/c1-3-5-7-9-11-13-15-17-18-19-20-21-22-23-24-25-26-27-28-29-30-31-32-33-34-35-36-37-38-39-40-41-42-43-44-45-47-49-51-53-55-57-63(71)68-60(59-75-67-66(74)65(73)64(72)62(58-69)76-67)61(70)56-54-52-50-48-46-16-14-12-10-8-6-4-2/h19-20,60-62,64-67,69-70,72-74H,3-18,21-59H2,1-2H3,(H,68,71)/b20-19-. The third kappa shape index (κ3) is 45.6. The molecule has 9 nitrogen and oxygen atoms in total. The molecule has 1 aliphatic heterocycles. The Hall–Kier alpha value is -1.07. The number of ether oxygens (including phenoxy) is 2. The van der Waals surface area contributed by atoms with Crippen molar-refractivity contribution in [2.24, 2.45) is 0 Å². The molecular formula is C67H131NO8. The fraction of sp³-hybridized carbons (Fsp3) is 0.955. The lowest BCUT2D eigenvalue weighted by Crippen LogP contribution is -2.60. The van der Waals surface area contributed by atoms with E-state index in [0.29, 0.717) is 12.8 Å². The molecule has 0 radical (unpaired) electrons. The van der Waals surface area contributed by atoms with Crippen molar-refractivity contribution in [3.05, 3.63) is 12.2 Å². The normalized spacial score (nSPS) is 18.8. The van der Waals surface area contributed by atoms with E-state index >= 15 is 0 Å². The van der Waals surface area contributed by atoms with E-state index in [2.05, 4.69) is 31.3 Å². The number of carbonyl (C=O) groups excluding carboxylic acids is 1. The number of amides is 1. The number of allylic oxidation sites excluding steroid dienone is 2. The molecule has 0 saturated carbocycles. The minimum atomic E-state index is -1.55. The first-order valence-electron chi connectivity index (χ1n) is 33.9. The number of aliphatic hydroxyl groups excluding tert-OH is 5. The molecule has 9 heteroatoms. The lowest BCUT2D eigenvalue weighted by molar-refractivity contribution is -0.302. The minimum Gasteiger partial charge on any atom is -0.394 e. The Morgan fingerprint density at radius 3 is 1.07 bits per heavy atom. The molecule has 76 heavy (non-hydrogen) atoms. The maximum absolute atomic E-state index is 13.1. The Balaban J connectivity index is 1.97. The number of rotatable bonds is 60. The molecule has 0 aromatic carbocycles. The third-order valence-corrected chi connectivity index (χ3v) is 16.6. The molecule has 1 heterocycles. The molecule has 1 fully saturated rings. The summed E-state index contributed by atoms with van der Waals surface area (Å²) in [6.07, 6.45) is 66.0. The SMILES string of the molecule is CCCCCCCCCC/C=C\CCCCCCCCCCCCCCCCCCCCCCCCCCCCCCCC(=O)NC(COC1OC(CO)C(O)C(O)C1O)C(O)CCCCCCCCCCCCCC. The van der Waals surface area contributed by atoms with Crippen LogP contribution in [0.2, 0.25) is 0 Å². The molecule has 0 aliphatic carbocycles. The van der Waals surface area contributed by atoms with E-state index in [4.69, 9.17) is 9.47 Å². The van der Waals surface area contributed by atoms with Crippen LogP contribution >= 0.6 is 0 Å². The molecule has 6 N–H and O–H groups in total. The molecule has 0 aromatic rings. The van der Waals surface area contributed by atoms with Gasteiger partial charge in [-0.15, -0.1) is 0 Å². The highest BCUT2D eigenvalue weighted by molar-refractivity contribution is 5.76. The number of nitrogens with one attached hydrogen (secondary N) is 1. The van der Waals surface area contributed by atoms with Gasteiger partial charge in [0, 0.05) is 6.42 Å². The zero-order chi connectivity index (χ0) is 55.0. The zero-order valence-corrected chi connectivity index (χ0v) is 50.5. The van der Waals surface area contributed by atoms with Crippen LogP contribution in [0, 0.1) is 0 Å². The van der Waals surface area contributed by atoms with Gasteiger partial charge in [0.2, 0.25) is 5.91 Å². The summed E-state index contributed by atoms with van der Waals surface area (Å²) < 4.78 is 11.3. The molecule has 1 amide bonds. The maximum Gasteiger partial charge on any atom is 0.220 e. The van der Waals surface area contributed by atoms with Gasteiger partial charge in [-0.25, -0.2) is 0 Å². The second-order valence-corrected chi connectivity index (χ2v) is 24.0. The van der Waals surface area contributed by atoms with Gasteiger partial charge in [0.1, 0.15) is 24.4 Å². The molecule has 0 aromatic heterocycles.